The van der Waals surface area contributed by atoms with Gasteiger partial charge in [0.2, 0.25) is 5.89 Å². The van der Waals surface area contributed by atoms with Gasteiger partial charge in [-0.25, -0.2) is 0 Å². The molecule has 0 saturated carbocycles. The number of nitrogens with zero attached hydrogens (tertiary/aromatic N) is 4. The molecule has 0 atom stereocenters. The van der Waals surface area contributed by atoms with Crippen LogP contribution < -0.4 is 0 Å². The first-order chi connectivity index (χ1) is 14.3. The molecule has 0 bridgehead atoms. The Bertz CT molecular complexity index is 1100. The number of rotatable bonds is 5. The van der Waals surface area contributed by atoms with Crippen LogP contribution in [0.3, 0.4) is 0 Å². The SMILES string of the molecule is CCc1nc(CN2CCc3onc(-c4ccc(-c5ccccc5)cc4)c3C2)no1. The van der Waals surface area contributed by atoms with Gasteiger partial charge < -0.3 is 9.05 Å². The van der Waals surface area contributed by atoms with Crippen LogP contribution in [-0.4, -0.2) is 26.7 Å². The van der Waals surface area contributed by atoms with E-state index in [2.05, 4.69) is 68.7 Å². The maximum Gasteiger partial charge on any atom is 0.226 e. The molecule has 0 radical (unpaired) electrons. The molecule has 1 aliphatic rings. The number of hydrogen-bond acceptors (Lipinski definition) is 6. The third-order valence-corrected chi connectivity index (χ3v) is 5.35. The monoisotopic (exact) mass is 386 g/mol. The second-order valence-corrected chi connectivity index (χ2v) is 7.29. The van der Waals surface area contributed by atoms with E-state index in [4.69, 9.17) is 9.05 Å². The zero-order chi connectivity index (χ0) is 19.6. The molecule has 0 N–H and O–H groups in total. The second kappa shape index (κ2) is 7.64. The van der Waals surface area contributed by atoms with Gasteiger partial charge in [0.1, 0.15) is 11.5 Å². The van der Waals surface area contributed by atoms with Crippen molar-refractivity contribution in [1.82, 2.24) is 20.2 Å². The standard InChI is InChI=1S/C23H22N4O2/c1-2-22-24-21(25-29-22)15-27-13-12-20-19(14-27)23(26-28-20)18-10-8-17(9-11-18)16-6-4-3-5-7-16/h3-11H,2,12-15H2,1H3. The van der Waals surface area contributed by atoms with Crippen LogP contribution in [0.15, 0.2) is 63.6 Å². The lowest BCUT2D eigenvalue weighted by Gasteiger charge is -2.24. The summed E-state index contributed by atoms with van der Waals surface area (Å²) in [6, 6.07) is 18.9. The Kier molecular flexibility index (Phi) is 4.69. The fraction of sp³-hybridized carbons (Fsp3) is 0.261. The summed E-state index contributed by atoms with van der Waals surface area (Å²) < 4.78 is 10.9. The summed E-state index contributed by atoms with van der Waals surface area (Å²) in [5, 5.41) is 8.45. The Morgan fingerprint density at radius 1 is 0.897 bits per heavy atom. The molecule has 29 heavy (non-hydrogen) atoms. The Morgan fingerprint density at radius 2 is 1.66 bits per heavy atom. The highest BCUT2D eigenvalue weighted by atomic mass is 16.5. The third-order valence-electron chi connectivity index (χ3n) is 5.35. The molecule has 1 aliphatic heterocycles. The van der Waals surface area contributed by atoms with E-state index in [1.807, 2.05) is 13.0 Å². The van der Waals surface area contributed by atoms with Crippen LogP contribution in [0.5, 0.6) is 0 Å². The van der Waals surface area contributed by atoms with Gasteiger partial charge >= 0.3 is 0 Å². The second-order valence-electron chi connectivity index (χ2n) is 7.29. The molecule has 0 aliphatic carbocycles. The van der Waals surface area contributed by atoms with Crippen molar-refractivity contribution in [3.05, 3.63) is 77.6 Å². The van der Waals surface area contributed by atoms with Crippen LogP contribution >= 0.6 is 0 Å². The molecule has 146 valence electrons. The highest BCUT2D eigenvalue weighted by molar-refractivity contribution is 5.70. The molecule has 6 heteroatoms. The highest BCUT2D eigenvalue weighted by Crippen LogP contribution is 2.31. The van der Waals surface area contributed by atoms with E-state index in [0.717, 1.165) is 54.3 Å². The summed E-state index contributed by atoms with van der Waals surface area (Å²) in [4.78, 5) is 6.74. The summed E-state index contributed by atoms with van der Waals surface area (Å²) in [5.74, 6) is 2.39. The van der Waals surface area contributed by atoms with Gasteiger partial charge in [0, 0.05) is 37.1 Å². The van der Waals surface area contributed by atoms with Crippen LogP contribution in [0.2, 0.25) is 0 Å². The van der Waals surface area contributed by atoms with E-state index in [1.165, 1.54) is 11.1 Å². The Morgan fingerprint density at radius 3 is 2.41 bits per heavy atom. The van der Waals surface area contributed by atoms with Gasteiger partial charge in [0.25, 0.3) is 0 Å². The average Bonchev–Trinajstić information content (AvgIpc) is 3.41. The van der Waals surface area contributed by atoms with Crippen molar-refractivity contribution >= 4 is 0 Å². The van der Waals surface area contributed by atoms with Crippen molar-refractivity contribution in [1.29, 1.82) is 0 Å². The lowest BCUT2D eigenvalue weighted by atomic mass is 9.99. The number of fused-ring (bicyclic) bond motifs is 1. The molecule has 0 saturated heterocycles. The van der Waals surface area contributed by atoms with Gasteiger partial charge in [-0.3, -0.25) is 4.90 Å². The molecule has 2 aromatic heterocycles. The molecule has 0 unspecified atom stereocenters. The molecule has 5 rings (SSSR count). The number of aromatic nitrogens is 3. The molecule has 0 amide bonds. The lowest BCUT2D eigenvalue weighted by Crippen LogP contribution is -2.30. The molecule has 0 fully saturated rings. The van der Waals surface area contributed by atoms with E-state index in [1.54, 1.807) is 0 Å². The number of hydrogen-bond donors (Lipinski definition) is 0. The average molecular weight is 386 g/mol. The first-order valence-electron chi connectivity index (χ1n) is 9.97. The van der Waals surface area contributed by atoms with E-state index >= 15 is 0 Å². The quantitative estimate of drug-likeness (QED) is 0.503. The highest BCUT2D eigenvalue weighted by Gasteiger charge is 2.25. The predicted octanol–water partition coefficient (Wildman–Crippen LogP) is 4.51. The largest absolute Gasteiger partial charge is 0.360 e. The van der Waals surface area contributed by atoms with Crippen LogP contribution in [0.25, 0.3) is 22.4 Å². The summed E-state index contributed by atoms with van der Waals surface area (Å²) in [6.07, 6.45) is 1.59. The van der Waals surface area contributed by atoms with Gasteiger partial charge in [-0.05, 0) is 11.1 Å². The fourth-order valence-corrected chi connectivity index (χ4v) is 3.78. The van der Waals surface area contributed by atoms with Crippen molar-refractivity contribution in [2.24, 2.45) is 0 Å². The van der Waals surface area contributed by atoms with Crippen LogP contribution in [0.4, 0.5) is 0 Å². The molecular weight excluding hydrogens is 364 g/mol. The minimum absolute atomic E-state index is 0.667. The Labute approximate surface area is 169 Å². The molecule has 6 nitrogen and oxygen atoms in total. The van der Waals surface area contributed by atoms with Gasteiger partial charge in [0.15, 0.2) is 5.82 Å². The van der Waals surface area contributed by atoms with Crippen molar-refractivity contribution in [2.45, 2.75) is 32.9 Å². The maximum absolute atomic E-state index is 5.65. The normalized spacial score (nSPS) is 14.1. The van der Waals surface area contributed by atoms with Crippen LogP contribution in [0.1, 0.15) is 30.0 Å². The first-order valence-corrected chi connectivity index (χ1v) is 9.97. The summed E-state index contributed by atoms with van der Waals surface area (Å²) in [5.41, 5.74) is 5.55. The third kappa shape index (κ3) is 3.59. The Balaban J connectivity index is 1.36. The molecule has 3 heterocycles. The van der Waals surface area contributed by atoms with Crippen LogP contribution in [0, 0.1) is 0 Å². The van der Waals surface area contributed by atoms with E-state index in [9.17, 15) is 0 Å². The molecule has 2 aromatic carbocycles. The van der Waals surface area contributed by atoms with Gasteiger partial charge in [-0.2, -0.15) is 4.98 Å². The zero-order valence-corrected chi connectivity index (χ0v) is 16.3. The van der Waals surface area contributed by atoms with Gasteiger partial charge in [-0.1, -0.05) is 71.8 Å². The first kappa shape index (κ1) is 17.8. The smallest absolute Gasteiger partial charge is 0.226 e. The summed E-state index contributed by atoms with van der Waals surface area (Å²) >= 11 is 0. The van der Waals surface area contributed by atoms with E-state index in [0.29, 0.717) is 12.4 Å². The minimum atomic E-state index is 0.667. The zero-order valence-electron chi connectivity index (χ0n) is 16.3. The fourth-order valence-electron chi connectivity index (χ4n) is 3.78. The van der Waals surface area contributed by atoms with Crippen molar-refractivity contribution in [2.75, 3.05) is 6.54 Å². The van der Waals surface area contributed by atoms with Crippen LogP contribution in [-0.2, 0) is 25.9 Å². The number of benzene rings is 2. The summed E-state index contributed by atoms with van der Waals surface area (Å²) in [6.45, 7) is 4.34. The number of aryl methyl sites for hydroxylation is 1. The Hall–Kier alpha value is -3.25. The lowest BCUT2D eigenvalue weighted by molar-refractivity contribution is 0.220. The molecule has 4 aromatic rings. The van der Waals surface area contributed by atoms with Crippen molar-refractivity contribution in [3.8, 4) is 22.4 Å². The van der Waals surface area contributed by atoms with Gasteiger partial charge in [0.05, 0.1) is 6.54 Å². The maximum atomic E-state index is 5.65. The van der Waals surface area contributed by atoms with E-state index in [-0.39, 0.29) is 0 Å². The van der Waals surface area contributed by atoms with Crippen molar-refractivity contribution in [3.63, 3.8) is 0 Å². The molecular formula is C23H22N4O2. The van der Waals surface area contributed by atoms with E-state index < -0.39 is 0 Å². The predicted molar refractivity (Wildman–Crippen MR) is 109 cm³/mol. The van der Waals surface area contributed by atoms with Gasteiger partial charge in [-0.15, -0.1) is 0 Å². The minimum Gasteiger partial charge on any atom is -0.360 e. The van der Waals surface area contributed by atoms with Crippen molar-refractivity contribution < 1.29 is 9.05 Å². The molecule has 0 spiro atoms. The topological polar surface area (TPSA) is 68.2 Å². The summed E-state index contributed by atoms with van der Waals surface area (Å²) in [7, 11) is 0.